The maximum absolute atomic E-state index is 12.1. The minimum atomic E-state index is -0.555. The topological polar surface area (TPSA) is 55.8 Å². The van der Waals surface area contributed by atoms with Gasteiger partial charge in [0.15, 0.2) is 0 Å². The Labute approximate surface area is 266 Å². The maximum Gasteiger partial charge on any atom is 0.306 e. The summed E-state index contributed by atoms with van der Waals surface area (Å²) in [6, 6.07) is 0. The lowest BCUT2D eigenvalue weighted by molar-refractivity contribution is -0.154. The summed E-state index contributed by atoms with van der Waals surface area (Å²) in [6.45, 7) is 5.05. The number of rotatable bonds is 31. The lowest BCUT2D eigenvalue weighted by atomic mass is 10.1. The number of allylic oxidation sites excluding steroid dienone is 12. The van der Waals surface area contributed by atoms with Gasteiger partial charge in [-0.3, -0.25) is 4.79 Å². The van der Waals surface area contributed by atoms with Crippen LogP contribution in [0, 0.1) is 0 Å². The number of hydrogen-bond acceptors (Lipinski definition) is 4. The Morgan fingerprint density at radius 2 is 0.977 bits per heavy atom. The summed E-state index contributed by atoms with van der Waals surface area (Å²) >= 11 is 0. The van der Waals surface area contributed by atoms with Crippen molar-refractivity contribution in [2.45, 2.75) is 148 Å². The summed E-state index contributed by atoms with van der Waals surface area (Å²) in [6.07, 6.45) is 48.0. The molecular formula is C39H66O4. The molecule has 246 valence electrons. The highest BCUT2D eigenvalue weighted by molar-refractivity contribution is 5.69. The molecule has 0 aromatic rings. The summed E-state index contributed by atoms with van der Waals surface area (Å²) in [5.41, 5.74) is 0. The molecule has 0 spiro atoms. The van der Waals surface area contributed by atoms with Crippen molar-refractivity contribution < 1.29 is 19.4 Å². The molecule has 43 heavy (non-hydrogen) atoms. The quantitative estimate of drug-likeness (QED) is 0.0490. The minimum Gasteiger partial charge on any atom is -0.457 e. The molecule has 0 aliphatic rings. The molecule has 0 radical (unpaired) electrons. The molecule has 1 N–H and O–H groups in total. The van der Waals surface area contributed by atoms with Crippen molar-refractivity contribution in [1.82, 2.24) is 0 Å². The fraction of sp³-hybridized carbons (Fsp3) is 0.667. The monoisotopic (exact) mass is 598 g/mol. The summed E-state index contributed by atoms with van der Waals surface area (Å²) in [5.74, 6) is -0.236. The maximum atomic E-state index is 12.1. The van der Waals surface area contributed by atoms with Gasteiger partial charge in [0.25, 0.3) is 0 Å². The fourth-order valence-electron chi connectivity index (χ4n) is 4.47. The molecular weight excluding hydrogens is 532 g/mol. The molecule has 0 heterocycles. The molecule has 0 saturated heterocycles. The number of unbranched alkanes of at least 4 members (excludes halogenated alkanes) is 11. The molecule has 0 aliphatic heterocycles. The normalized spacial score (nSPS) is 13.3. The van der Waals surface area contributed by atoms with Crippen LogP contribution in [-0.4, -0.2) is 37.0 Å². The van der Waals surface area contributed by atoms with E-state index in [4.69, 9.17) is 9.47 Å². The third-order valence-electron chi connectivity index (χ3n) is 7.03. The van der Waals surface area contributed by atoms with Crippen molar-refractivity contribution in [2.75, 3.05) is 19.8 Å². The lowest BCUT2D eigenvalue weighted by Gasteiger charge is -2.15. The second kappa shape index (κ2) is 36.0. The lowest BCUT2D eigenvalue weighted by Crippen LogP contribution is -2.27. The van der Waals surface area contributed by atoms with E-state index >= 15 is 0 Å². The van der Waals surface area contributed by atoms with Gasteiger partial charge in [0.2, 0.25) is 0 Å². The van der Waals surface area contributed by atoms with Crippen molar-refractivity contribution >= 4 is 5.97 Å². The first-order valence-electron chi connectivity index (χ1n) is 17.5. The highest BCUT2D eigenvalue weighted by Crippen LogP contribution is 2.11. The highest BCUT2D eigenvalue weighted by Gasteiger charge is 2.13. The Morgan fingerprint density at radius 1 is 0.558 bits per heavy atom. The van der Waals surface area contributed by atoms with E-state index in [0.717, 1.165) is 77.0 Å². The van der Waals surface area contributed by atoms with Gasteiger partial charge in [-0.25, -0.2) is 0 Å². The van der Waals surface area contributed by atoms with Crippen molar-refractivity contribution in [2.24, 2.45) is 0 Å². The zero-order valence-electron chi connectivity index (χ0n) is 27.9. The summed E-state index contributed by atoms with van der Waals surface area (Å²) in [7, 11) is 0. The van der Waals surface area contributed by atoms with Crippen LogP contribution in [0.1, 0.15) is 142 Å². The van der Waals surface area contributed by atoms with E-state index in [2.05, 4.69) is 86.8 Å². The molecule has 0 bridgehead atoms. The SMILES string of the molecule is CC/C=C\C/C=C\C/C=C\CCCCCCCCCCOCC(CO)OC(=O)CCCCC/C=C\C/C=C\C/C=C\CC. The third-order valence-corrected chi connectivity index (χ3v) is 7.03. The van der Waals surface area contributed by atoms with E-state index in [1.54, 1.807) is 0 Å². The molecule has 0 saturated carbocycles. The van der Waals surface area contributed by atoms with Crippen LogP contribution < -0.4 is 0 Å². The van der Waals surface area contributed by atoms with Crippen LogP contribution in [0.15, 0.2) is 72.9 Å². The van der Waals surface area contributed by atoms with Gasteiger partial charge in [0.05, 0.1) is 13.2 Å². The van der Waals surface area contributed by atoms with Gasteiger partial charge in [-0.1, -0.05) is 132 Å². The van der Waals surface area contributed by atoms with E-state index in [1.807, 2.05) is 0 Å². The largest absolute Gasteiger partial charge is 0.457 e. The first kappa shape index (κ1) is 40.8. The first-order chi connectivity index (χ1) is 21.2. The number of carbonyl (C=O) groups is 1. The Morgan fingerprint density at radius 3 is 1.47 bits per heavy atom. The van der Waals surface area contributed by atoms with Crippen LogP contribution in [0.4, 0.5) is 0 Å². The number of aliphatic hydroxyl groups is 1. The number of aliphatic hydroxyl groups excluding tert-OH is 1. The summed E-state index contributed by atoms with van der Waals surface area (Å²) < 4.78 is 11.1. The van der Waals surface area contributed by atoms with Crippen LogP contribution in [0.25, 0.3) is 0 Å². The number of hydrogen-bond donors (Lipinski definition) is 1. The van der Waals surface area contributed by atoms with E-state index in [1.165, 1.54) is 44.9 Å². The average molecular weight is 599 g/mol. The predicted octanol–water partition coefficient (Wildman–Crippen LogP) is 11.1. The molecule has 0 amide bonds. The molecule has 0 rings (SSSR count). The van der Waals surface area contributed by atoms with Gasteiger partial charge in [-0.05, 0) is 77.0 Å². The van der Waals surface area contributed by atoms with Crippen molar-refractivity contribution in [1.29, 1.82) is 0 Å². The second-order valence-electron chi connectivity index (χ2n) is 11.2. The molecule has 4 heteroatoms. The Bertz CT molecular complexity index is 759. The molecule has 0 aromatic heterocycles. The number of carbonyl (C=O) groups excluding carboxylic acids is 1. The standard InChI is InChI=1S/C39H66O4/c1-3-5-7-9-11-13-15-17-18-19-20-21-23-25-27-29-31-33-35-42-37-38(36-40)43-39(41)34-32-30-28-26-24-22-16-14-12-10-8-6-4-2/h5-8,11-14,17-18,22,24,38,40H,3-4,9-10,15-16,19-21,23,25-37H2,1-2H3/b7-5-,8-6-,13-11-,14-12-,18-17-,24-22-. The van der Waals surface area contributed by atoms with Gasteiger partial charge < -0.3 is 14.6 Å². The van der Waals surface area contributed by atoms with Crippen molar-refractivity contribution in [3.63, 3.8) is 0 Å². The molecule has 1 atom stereocenters. The van der Waals surface area contributed by atoms with E-state index in [0.29, 0.717) is 13.0 Å². The minimum absolute atomic E-state index is 0.191. The van der Waals surface area contributed by atoms with Crippen LogP contribution >= 0.6 is 0 Å². The molecule has 4 nitrogen and oxygen atoms in total. The van der Waals surface area contributed by atoms with Gasteiger partial charge in [0, 0.05) is 13.0 Å². The number of esters is 1. The summed E-state index contributed by atoms with van der Waals surface area (Å²) in [4.78, 5) is 12.1. The smallest absolute Gasteiger partial charge is 0.306 e. The Hall–Kier alpha value is -2.17. The van der Waals surface area contributed by atoms with E-state index in [-0.39, 0.29) is 19.2 Å². The van der Waals surface area contributed by atoms with Crippen LogP contribution in [0.5, 0.6) is 0 Å². The second-order valence-corrected chi connectivity index (χ2v) is 11.2. The van der Waals surface area contributed by atoms with Crippen LogP contribution in [0.3, 0.4) is 0 Å². The van der Waals surface area contributed by atoms with E-state index in [9.17, 15) is 9.90 Å². The van der Waals surface area contributed by atoms with Crippen molar-refractivity contribution in [3.05, 3.63) is 72.9 Å². The predicted molar refractivity (Wildman–Crippen MR) is 186 cm³/mol. The molecule has 0 aromatic carbocycles. The molecule has 1 unspecified atom stereocenters. The molecule has 0 fully saturated rings. The highest BCUT2D eigenvalue weighted by atomic mass is 16.6. The van der Waals surface area contributed by atoms with Crippen LogP contribution in [-0.2, 0) is 14.3 Å². The van der Waals surface area contributed by atoms with E-state index < -0.39 is 6.10 Å². The van der Waals surface area contributed by atoms with Gasteiger partial charge in [0.1, 0.15) is 6.10 Å². The van der Waals surface area contributed by atoms with Crippen LogP contribution in [0.2, 0.25) is 0 Å². The Kier molecular flexibility index (Phi) is 34.2. The zero-order chi connectivity index (χ0) is 31.3. The fourth-order valence-corrected chi connectivity index (χ4v) is 4.47. The zero-order valence-corrected chi connectivity index (χ0v) is 27.9. The third kappa shape index (κ3) is 34.2. The number of ether oxygens (including phenoxy) is 2. The average Bonchev–Trinajstić information content (AvgIpc) is 3.01. The van der Waals surface area contributed by atoms with Crippen molar-refractivity contribution in [3.8, 4) is 0 Å². The summed E-state index contributed by atoms with van der Waals surface area (Å²) in [5, 5.41) is 9.54. The van der Waals surface area contributed by atoms with Gasteiger partial charge >= 0.3 is 5.97 Å². The molecule has 0 aliphatic carbocycles. The van der Waals surface area contributed by atoms with Gasteiger partial charge in [-0.15, -0.1) is 0 Å². The van der Waals surface area contributed by atoms with Gasteiger partial charge in [-0.2, -0.15) is 0 Å². The Balaban J connectivity index is 3.52. The first-order valence-corrected chi connectivity index (χ1v) is 17.5.